The van der Waals surface area contributed by atoms with Gasteiger partial charge < -0.3 is 9.80 Å². The number of hydrogen-bond donors (Lipinski definition) is 0. The first-order valence-corrected chi connectivity index (χ1v) is 14.0. The monoisotopic (exact) mass is 482 g/mol. The van der Waals surface area contributed by atoms with Crippen LogP contribution in [0.5, 0.6) is 0 Å². The summed E-state index contributed by atoms with van der Waals surface area (Å²) >= 11 is 0. The normalized spacial score (nSPS) is 21.9. The van der Waals surface area contributed by atoms with Crippen LogP contribution in [0.1, 0.15) is 49.3 Å². The predicted octanol–water partition coefficient (Wildman–Crippen LogP) is 3.42. The van der Waals surface area contributed by atoms with Crippen LogP contribution >= 0.6 is 0 Å². The average molecular weight is 483 g/mol. The molecule has 7 heteroatoms. The second-order valence-corrected chi connectivity index (χ2v) is 12.1. The van der Waals surface area contributed by atoms with Crippen molar-refractivity contribution in [2.45, 2.75) is 51.6 Å². The van der Waals surface area contributed by atoms with Gasteiger partial charge in [0.15, 0.2) is 9.84 Å². The van der Waals surface area contributed by atoms with Crippen molar-refractivity contribution in [2.24, 2.45) is 5.92 Å². The zero-order valence-electron chi connectivity index (χ0n) is 20.0. The lowest BCUT2D eigenvalue weighted by molar-refractivity contribution is -0.138. The Bertz CT molecular complexity index is 1110. The van der Waals surface area contributed by atoms with Crippen LogP contribution in [0, 0.1) is 5.92 Å². The molecule has 2 saturated heterocycles. The summed E-state index contributed by atoms with van der Waals surface area (Å²) in [6.07, 6.45) is 1.40. The van der Waals surface area contributed by atoms with Crippen molar-refractivity contribution >= 4 is 21.7 Å². The van der Waals surface area contributed by atoms with Crippen molar-refractivity contribution in [3.63, 3.8) is 0 Å². The van der Waals surface area contributed by atoms with Gasteiger partial charge >= 0.3 is 0 Å². The minimum absolute atomic E-state index is 0.00120. The SMILES string of the molecule is CC(C)c1ccc(CN(C(=O)C2CC(=O)N(CCc3ccccc3)C2)C2CCS(=O)(=O)C2)cc1. The maximum Gasteiger partial charge on any atom is 0.228 e. The number of rotatable bonds is 8. The summed E-state index contributed by atoms with van der Waals surface area (Å²) in [7, 11) is -3.14. The molecule has 4 rings (SSSR count). The number of carbonyl (C=O) groups excluding carboxylic acids is 2. The molecule has 0 spiro atoms. The summed E-state index contributed by atoms with van der Waals surface area (Å²) in [6.45, 7) is 5.61. The minimum atomic E-state index is -3.14. The third-order valence-electron chi connectivity index (χ3n) is 7.01. The highest BCUT2D eigenvalue weighted by atomic mass is 32.2. The summed E-state index contributed by atoms with van der Waals surface area (Å²) in [6, 6.07) is 17.8. The molecule has 0 radical (unpaired) electrons. The van der Waals surface area contributed by atoms with Crippen LogP contribution in [-0.2, 0) is 32.4 Å². The third-order valence-corrected chi connectivity index (χ3v) is 8.76. The van der Waals surface area contributed by atoms with Gasteiger partial charge in [0.2, 0.25) is 11.8 Å². The summed E-state index contributed by atoms with van der Waals surface area (Å²) in [5, 5.41) is 0. The molecule has 0 aromatic heterocycles. The summed E-state index contributed by atoms with van der Waals surface area (Å²) < 4.78 is 24.4. The molecular formula is C27H34N2O4S. The molecule has 2 fully saturated rings. The maximum atomic E-state index is 13.6. The lowest BCUT2D eigenvalue weighted by Gasteiger charge is -2.31. The van der Waals surface area contributed by atoms with E-state index in [0.717, 1.165) is 17.5 Å². The first kappa shape index (κ1) is 24.5. The largest absolute Gasteiger partial charge is 0.342 e. The van der Waals surface area contributed by atoms with Crippen molar-refractivity contribution in [3.05, 3.63) is 71.3 Å². The Hall–Kier alpha value is -2.67. The molecule has 2 heterocycles. The van der Waals surface area contributed by atoms with E-state index >= 15 is 0 Å². The Morgan fingerprint density at radius 3 is 2.38 bits per heavy atom. The van der Waals surface area contributed by atoms with E-state index in [4.69, 9.17) is 0 Å². The Kier molecular flexibility index (Phi) is 7.41. The number of carbonyl (C=O) groups is 2. The molecule has 34 heavy (non-hydrogen) atoms. The molecule has 2 aliphatic rings. The first-order chi connectivity index (χ1) is 16.2. The van der Waals surface area contributed by atoms with Crippen molar-refractivity contribution in [1.82, 2.24) is 9.80 Å². The Balaban J connectivity index is 1.47. The van der Waals surface area contributed by atoms with Crippen LogP contribution in [0.2, 0.25) is 0 Å². The summed E-state index contributed by atoms with van der Waals surface area (Å²) in [5.74, 6) is -0.0123. The van der Waals surface area contributed by atoms with Crippen LogP contribution in [0.3, 0.4) is 0 Å². The highest BCUT2D eigenvalue weighted by molar-refractivity contribution is 7.91. The van der Waals surface area contributed by atoms with Gasteiger partial charge in [0.05, 0.1) is 17.4 Å². The van der Waals surface area contributed by atoms with Gasteiger partial charge in [-0.3, -0.25) is 9.59 Å². The van der Waals surface area contributed by atoms with Crippen molar-refractivity contribution < 1.29 is 18.0 Å². The fourth-order valence-electron chi connectivity index (χ4n) is 4.91. The molecule has 2 atom stereocenters. The fraction of sp³-hybridized carbons (Fsp3) is 0.481. The molecule has 0 aliphatic carbocycles. The van der Waals surface area contributed by atoms with Gasteiger partial charge in [-0.25, -0.2) is 8.42 Å². The molecule has 0 N–H and O–H groups in total. The van der Waals surface area contributed by atoms with Crippen LogP contribution in [-0.4, -0.2) is 60.7 Å². The van der Waals surface area contributed by atoms with E-state index in [0.29, 0.717) is 32.0 Å². The number of nitrogens with zero attached hydrogens (tertiary/aromatic N) is 2. The lowest BCUT2D eigenvalue weighted by atomic mass is 10.0. The lowest BCUT2D eigenvalue weighted by Crippen LogP contribution is -2.44. The maximum absolute atomic E-state index is 13.6. The highest BCUT2D eigenvalue weighted by Crippen LogP contribution is 2.27. The van der Waals surface area contributed by atoms with Crippen molar-refractivity contribution in [1.29, 1.82) is 0 Å². The van der Waals surface area contributed by atoms with E-state index in [1.165, 1.54) is 5.56 Å². The molecule has 2 amide bonds. The van der Waals surface area contributed by atoms with Gasteiger partial charge in [-0.15, -0.1) is 0 Å². The van der Waals surface area contributed by atoms with Gasteiger partial charge in [0, 0.05) is 32.1 Å². The predicted molar refractivity (Wildman–Crippen MR) is 133 cm³/mol. The van der Waals surface area contributed by atoms with Crippen molar-refractivity contribution in [2.75, 3.05) is 24.6 Å². The number of hydrogen-bond acceptors (Lipinski definition) is 4. The molecule has 0 saturated carbocycles. The minimum Gasteiger partial charge on any atom is -0.342 e. The van der Waals surface area contributed by atoms with E-state index in [1.807, 2.05) is 42.5 Å². The van der Waals surface area contributed by atoms with E-state index in [2.05, 4.69) is 26.0 Å². The second kappa shape index (κ2) is 10.3. The van der Waals surface area contributed by atoms with E-state index < -0.39 is 15.8 Å². The fourth-order valence-corrected chi connectivity index (χ4v) is 6.64. The van der Waals surface area contributed by atoms with Crippen LogP contribution in [0.15, 0.2) is 54.6 Å². The van der Waals surface area contributed by atoms with Crippen molar-refractivity contribution in [3.8, 4) is 0 Å². The average Bonchev–Trinajstić information content (AvgIpc) is 3.38. The zero-order chi connectivity index (χ0) is 24.3. The molecule has 182 valence electrons. The number of benzene rings is 2. The van der Waals surface area contributed by atoms with Gasteiger partial charge in [-0.1, -0.05) is 68.4 Å². The van der Waals surface area contributed by atoms with Gasteiger partial charge in [0.25, 0.3) is 0 Å². The van der Waals surface area contributed by atoms with Gasteiger partial charge in [-0.05, 0) is 35.4 Å². The van der Waals surface area contributed by atoms with E-state index in [1.54, 1.807) is 9.80 Å². The Morgan fingerprint density at radius 2 is 1.76 bits per heavy atom. The molecular weight excluding hydrogens is 448 g/mol. The first-order valence-electron chi connectivity index (χ1n) is 12.1. The number of likely N-dealkylation sites (tertiary alicyclic amines) is 1. The smallest absolute Gasteiger partial charge is 0.228 e. The van der Waals surface area contributed by atoms with Crippen LogP contribution in [0.25, 0.3) is 0 Å². The molecule has 2 aliphatic heterocycles. The van der Waals surface area contributed by atoms with Gasteiger partial charge in [0.1, 0.15) is 0 Å². The van der Waals surface area contributed by atoms with E-state index in [-0.39, 0.29) is 35.8 Å². The van der Waals surface area contributed by atoms with E-state index in [9.17, 15) is 18.0 Å². The standard InChI is InChI=1S/C27H34N2O4S/c1-20(2)23-10-8-22(9-11-23)17-29(25-13-15-34(32,33)19-25)27(31)24-16-26(30)28(18-24)14-12-21-6-4-3-5-7-21/h3-11,20,24-25H,12-19H2,1-2H3. The number of sulfone groups is 1. The topological polar surface area (TPSA) is 74.8 Å². The third kappa shape index (κ3) is 5.87. The summed E-state index contributed by atoms with van der Waals surface area (Å²) in [5.41, 5.74) is 3.36. The molecule has 2 unspecified atom stereocenters. The van der Waals surface area contributed by atoms with Crippen LogP contribution < -0.4 is 0 Å². The Labute approximate surface area is 202 Å². The highest BCUT2D eigenvalue weighted by Gasteiger charge is 2.41. The molecule has 6 nitrogen and oxygen atoms in total. The quantitative estimate of drug-likeness (QED) is 0.578. The van der Waals surface area contributed by atoms with Gasteiger partial charge in [-0.2, -0.15) is 0 Å². The summed E-state index contributed by atoms with van der Waals surface area (Å²) in [4.78, 5) is 29.8. The molecule has 0 bridgehead atoms. The Morgan fingerprint density at radius 1 is 1.06 bits per heavy atom. The number of amides is 2. The molecule has 2 aromatic rings. The zero-order valence-corrected chi connectivity index (χ0v) is 20.8. The van der Waals surface area contributed by atoms with Crippen LogP contribution in [0.4, 0.5) is 0 Å². The molecule has 2 aromatic carbocycles. The second-order valence-electron chi connectivity index (χ2n) is 9.90.